The lowest BCUT2D eigenvalue weighted by atomic mass is 9.61. The van der Waals surface area contributed by atoms with Gasteiger partial charge in [0.15, 0.2) is 0 Å². The summed E-state index contributed by atoms with van der Waals surface area (Å²) >= 11 is 0. The Morgan fingerprint density at radius 3 is 2.42 bits per heavy atom. The highest BCUT2D eigenvalue weighted by atomic mass is 16.3. The van der Waals surface area contributed by atoms with Gasteiger partial charge in [0, 0.05) is 87.2 Å². The molecule has 1 aromatic heterocycles. The Bertz CT molecular complexity index is 1300. The van der Waals surface area contributed by atoms with Crippen molar-refractivity contribution in [3.63, 3.8) is 0 Å². The number of anilines is 1. The first-order valence-electron chi connectivity index (χ1n) is 15.7. The largest absolute Gasteiger partial charge is 0.507 e. The second kappa shape index (κ2) is 9.51. The Labute approximate surface area is 238 Å². The van der Waals surface area contributed by atoms with E-state index < -0.39 is 0 Å². The molecule has 4 N–H and O–H groups in total. The highest BCUT2D eigenvalue weighted by Gasteiger charge is 2.50. The number of aromatic nitrogens is 1. The van der Waals surface area contributed by atoms with Crippen LogP contribution in [-0.4, -0.2) is 95.8 Å². The smallest absolute Gasteiger partial charge is 0.132 e. The fraction of sp³-hybridized carbons (Fsp3) is 0.625. The van der Waals surface area contributed by atoms with Gasteiger partial charge in [-0.3, -0.25) is 20.2 Å². The topological polar surface area (TPSA) is 73.0 Å². The van der Waals surface area contributed by atoms with E-state index in [9.17, 15) is 5.11 Å². The number of rotatable bonds is 4. The molecule has 2 aromatic rings. The number of phenolic OH excluding ortho intramolecular Hbond substituents is 1. The maximum absolute atomic E-state index is 10.5. The lowest BCUT2D eigenvalue weighted by Gasteiger charge is -2.58. The van der Waals surface area contributed by atoms with Gasteiger partial charge in [0.05, 0.1) is 5.70 Å². The van der Waals surface area contributed by atoms with Gasteiger partial charge in [-0.1, -0.05) is 12.1 Å². The van der Waals surface area contributed by atoms with Crippen molar-refractivity contribution in [2.24, 2.45) is 5.41 Å². The maximum atomic E-state index is 10.5. The second-order valence-electron chi connectivity index (χ2n) is 13.6. The molecule has 6 heterocycles. The molecule has 0 bridgehead atoms. The molecule has 1 aromatic carbocycles. The van der Waals surface area contributed by atoms with Crippen molar-refractivity contribution < 1.29 is 5.11 Å². The summed E-state index contributed by atoms with van der Waals surface area (Å²) in [6.07, 6.45) is 10.1. The second-order valence-corrected chi connectivity index (χ2v) is 13.6. The first-order valence-corrected chi connectivity index (χ1v) is 15.7. The molecule has 2 atom stereocenters. The molecule has 8 heteroatoms. The molecule has 8 nitrogen and oxygen atoms in total. The standard InChI is InChI=1S/C32H45N7O/c1-21-30-26-15-28(25-5-3-4-6-29(25)40)35-36(2)31(26)34-27(30)10-14-39(21)23-9-13-38(18-23)22-7-11-37(12-8-22)24-16-32(17-24)19-33-20-32/h3-6,15,21-24,33-35,40H,7-14,16-20H2,1-2H3/t21-,23?/m1/s1. The van der Waals surface area contributed by atoms with Gasteiger partial charge in [0.2, 0.25) is 0 Å². The molecule has 5 aliphatic heterocycles. The molecule has 1 unspecified atom stereocenters. The predicted molar refractivity (Wildman–Crippen MR) is 160 cm³/mol. The Hall–Kier alpha value is -2.52. The van der Waals surface area contributed by atoms with Crippen LogP contribution in [0.15, 0.2) is 24.3 Å². The number of para-hydroxylation sites is 1. The van der Waals surface area contributed by atoms with Crippen LogP contribution in [0.2, 0.25) is 0 Å². The summed E-state index contributed by atoms with van der Waals surface area (Å²) in [5, 5.41) is 16.1. The van der Waals surface area contributed by atoms with Gasteiger partial charge in [-0.05, 0) is 81.3 Å². The number of hydrogen-bond acceptors (Lipinski definition) is 7. The van der Waals surface area contributed by atoms with Crippen LogP contribution < -0.4 is 15.8 Å². The van der Waals surface area contributed by atoms with Crippen molar-refractivity contribution >= 4 is 17.6 Å². The number of fused-ring (bicyclic) bond motifs is 3. The van der Waals surface area contributed by atoms with Crippen molar-refractivity contribution in [3.05, 3.63) is 46.6 Å². The zero-order chi connectivity index (χ0) is 27.0. The number of H-pyrrole nitrogens is 1. The number of phenols is 1. The molecule has 0 radical (unpaired) electrons. The fourth-order valence-corrected chi connectivity index (χ4v) is 8.96. The van der Waals surface area contributed by atoms with E-state index >= 15 is 0 Å². The molecule has 1 spiro atoms. The molecule has 1 aliphatic carbocycles. The Morgan fingerprint density at radius 1 is 0.925 bits per heavy atom. The molecular formula is C32H45N7O. The molecule has 8 rings (SSSR count). The number of benzene rings is 1. The van der Waals surface area contributed by atoms with Gasteiger partial charge >= 0.3 is 0 Å². The first kappa shape index (κ1) is 25.2. The molecule has 3 saturated heterocycles. The Balaban J connectivity index is 0.943. The van der Waals surface area contributed by atoms with Gasteiger partial charge in [-0.15, -0.1) is 0 Å². The van der Waals surface area contributed by atoms with Gasteiger partial charge in [0.1, 0.15) is 11.6 Å². The molecule has 4 fully saturated rings. The Kier molecular flexibility index (Phi) is 6.00. The number of piperidine rings is 1. The van der Waals surface area contributed by atoms with E-state index in [1.54, 1.807) is 6.07 Å². The number of likely N-dealkylation sites (tertiary alicyclic amines) is 2. The quantitative estimate of drug-likeness (QED) is 0.471. The van der Waals surface area contributed by atoms with E-state index in [4.69, 9.17) is 0 Å². The van der Waals surface area contributed by atoms with Crippen molar-refractivity contribution in [1.29, 1.82) is 0 Å². The van der Waals surface area contributed by atoms with Crippen LogP contribution in [0.4, 0.5) is 5.82 Å². The lowest BCUT2D eigenvalue weighted by molar-refractivity contribution is -0.0490. The van der Waals surface area contributed by atoms with E-state index in [2.05, 4.69) is 55.5 Å². The molecule has 0 amide bonds. The van der Waals surface area contributed by atoms with Gasteiger partial charge < -0.3 is 20.3 Å². The monoisotopic (exact) mass is 543 g/mol. The molecule has 6 aliphatic rings. The minimum atomic E-state index is 0.307. The van der Waals surface area contributed by atoms with Crippen LogP contribution >= 0.6 is 0 Å². The predicted octanol–water partition coefficient (Wildman–Crippen LogP) is 3.38. The fourth-order valence-electron chi connectivity index (χ4n) is 8.96. The zero-order valence-corrected chi connectivity index (χ0v) is 24.1. The SMILES string of the molecule is C[C@@H]1c2c([nH]c3c2C=C(c2ccccc2O)NN3C)CCN1C1CCN(C2CCN(C3CC4(CNC4)C3)CC2)C1. The summed E-state index contributed by atoms with van der Waals surface area (Å²) in [7, 11) is 2.06. The van der Waals surface area contributed by atoms with Crippen LogP contribution in [0.25, 0.3) is 11.8 Å². The summed E-state index contributed by atoms with van der Waals surface area (Å²) in [5.74, 6) is 1.44. The van der Waals surface area contributed by atoms with E-state index in [0.29, 0.717) is 23.2 Å². The van der Waals surface area contributed by atoms with Crippen LogP contribution in [0.5, 0.6) is 5.75 Å². The average molecular weight is 544 g/mol. The molecule has 214 valence electrons. The third-order valence-electron chi connectivity index (χ3n) is 11.3. The number of aromatic amines is 1. The highest BCUT2D eigenvalue weighted by Crippen LogP contribution is 2.47. The van der Waals surface area contributed by atoms with Gasteiger partial charge in [-0.25, -0.2) is 0 Å². The molecule has 1 saturated carbocycles. The summed E-state index contributed by atoms with van der Waals surface area (Å²) in [4.78, 5) is 12.2. The van der Waals surface area contributed by atoms with E-state index in [-0.39, 0.29) is 0 Å². The van der Waals surface area contributed by atoms with Crippen molar-refractivity contribution in [3.8, 4) is 5.75 Å². The average Bonchev–Trinajstić information content (AvgIpc) is 3.54. The van der Waals surface area contributed by atoms with Crippen LogP contribution in [0.1, 0.15) is 67.5 Å². The first-order chi connectivity index (χ1) is 19.5. The summed E-state index contributed by atoms with van der Waals surface area (Å²) in [6.45, 7) is 11.1. The Morgan fingerprint density at radius 2 is 1.68 bits per heavy atom. The zero-order valence-electron chi connectivity index (χ0n) is 24.1. The third-order valence-corrected chi connectivity index (χ3v) is 11.3. The minimum absolute atomic E-state index is 0.307. The summed E-state index contributed by atoms with van der Waals surface area (Å²) in [5.41, 5.74) is 10.0. The van der Waals surface area contributed by atoms with Gasteiger partial charge in [-0.2, -0.15) is 0 Å². The highest BCUT2D eigenvalue weighted by molar-refractivity contribution is 5.90. The molecular weight excluding hydrogens is 498 g/mol. The van der Waals surface area contributed by atoms with Crippen molar-refractivity contribution in [2.45, 2.75) is 69.6 Å². The normalized spacial score (nSPS) is 29.4. The van der Waals surface area contributed by atoms with Crippen LogP contribution in [0, 0.1) is 5.41 Å². The van der Waals surface area contributed by atoms with Crippen molar-refractivity contribution in [2.75, 3.05) is 57.9 Å². The number of nitrogens with one attached hydrogen (secondary N) is 3. The van der Waals surface area contributed by atoms with Crippen LogP contribution in [0.3, 0.4) is 0 Å². The molecule has 40 heavy (non-hydrogen) atoms. The lowest BCUT2D eigenvalue weighted by Crippen LogP contribution is -2.66. The number of hydrogen-bond donors (Lipinski definition) is 4. The third kappa shape index (κ3) is 4.02. The minimum Gasteiger partial charge on any atom is -0.507 e. The van der Waals surface area contributed by atoms with E-state index in [1.165, 1.54) is 88.2 Å². The summed E-state index contributed by atoms with van der Waals surface area (Å²) < 4.78 is 0. The number of nitrogens with zero attached hydrogens (tertiary/aromatic N) is 4. The summed E-state index contributed by atoms with van der Waals surface area (Å²) in [6, 6.07) is 10.2. The van der Waals surface area contributed by atoms with Crippen molar-refractivity contribution in [1.82, 2.24) is 30.4 Å². The number of hydrazine groups is 1. The van der Waals surface area contributed by atoms with E-state index in [0.717, 1.165) is 42.1 Å². The van der Waals surface area contributed by atoms with E-state index in [1.807, 2.05) is 18.2 Å². The maximum Gasteiger partial charge on any atom is 0.132 e. The number of aromatic hydroxyl groups is 1. The van der Waals surface area contributed by atoms with Gasteiger partial charge in [0.25, 0.3) is 0 Å². The van der Waals surface area contributed by atoms with Crippen LogP contribution in [-0.2, 0) is 6.42 Å².